The molecule has 0 unspecified atom stereocenters. The molecule has 0 fully saturated rings. The molecule has 0 atom stereocenters. The van der Waals surface area contributed by atoms with E-state index in [0.717, 1.165) is 23.4 Å². The molecule has 0 spiro atoms. The third-order valence-corrected chi connectivity index (χ3v) is 4.84. The molecule has 0 aromatic carbocycles. The Bertz CT molecular complexity index is 997. The summed E-state index contributed by atoms with van der Waals surface area (Å²) in [5.41, 5.74) is 1.09. The van der Waals surface area contributed by atoms with Gasteiger partial charge in [-0.25, -0.2) is 9.97 Å². The van der Waals surface area contributed by atoms with Gasteiger partial charge in [-0.1, -0.05) is 6.92 Å². The zero-order valence-corrected chi connectivity index (χ0v) is 15.4. The summed E-state index contributed by atoms with van der Waals surface area (Å²) in [6.45, 7) is 3.62. The van der Waals surface area contributed by atoms with E-state index < -0.39 is 17.7 Å². The first-order chi connectivity index (χ1) is 12.6. The van der Waals surface area contributed by atoms with Crippen LogP contribution >= 0.6 is 11.8 Å². The van der Waals surface area contributed by atoms with Gasteiger partial charge in [-0.15, -0.1) is 11.8 Å². The van der Waals surface area contributed by atoms with Crippen molar-refractivity contribution in [1.29, 1.82) is 0 Å². The van der Waals surface area contributed by atoms with E-state index in [1.807, 2.05) is 13.0 Å². The molecule has 0 saturated heterocycles. The molecule has 4 nitrogen and oxygen atoms in total. The van der Waals surface area contributed by atoms with Crippen molar-refractivity contribution in [2.45, 2.75) is 30.8 Å². The van der Waals surface area contributed by atoms with Crippen molar-refractivity contribution >= 4 is 22.9 Å². The summed E-state index contributed by atoms with van der Waals surface area (Å²) >= 11 is 1.12. The molecular weight excluding hydrogens is 387 g/mol. The molecule has 0 N–H and O–H groups in total. The van der Waals surface area contributed by atoms with Gasteiger partial charge in [0.1, 0.15) is 11.2 Å². The summed E-state index contributed by atoms with van der Waals surface area (Å²) in [7, 11) is 1.69. The minimum absolute atomic E-state index is 0.203. The van der Waals surface area contributed by atoms with Crippen LogP contribution in [-0.2, 0) is 13.0 Å². The van der Waals surface area contributed by atoms with Crippen molar-refractivity contribution in [1.82, 2.24) is 19.5 Å². The van der Waals surface area contributed by atoms with Crippen LogP contribution in [0.5, 0.6) is 0 Å². The standard InChI is InChI=1S/C17H15F5N4S/c1-4-27-12-6-10(16(18,19)17(20,21)22)8-23-13(12)15-25-11-5-9(2)7-24-14(11)26(15)3/h5-8H,4H2,1-3H3. The zero-order valence-electron chi connectivity index (χ0n) is 14.6. The van der Waals surface area contributed by atoms with Crippen molar-refractivity contribution < 1.29 is 22.0 Å². The van der Waals surface area contributed by atoms with E-state index in [4.69, 9.17) is 0 Å². The fourth-order valence-corrected chi connectivity index (χ4v) is 3.40. The molecule has 27 heavy (non-hydrogen) atoms. The van der Waals surface area contributed by atoms with Crippen LogP contribution in [0.2, 0.25) is 0 Å². The van der Waals surface area contributed by atoms with E-state index >= 15 is 0 Å². The number of fused-ring (bicyclic) bond motifs is 1. The third-order valence-electron chi connectivity index (χ3n) is 3.93. The maximum atomic E-state index is 13.7. The molecule has 0 saturated carbocycles. The molecular formula is C17H15F5N4S. The molecule has 0 aliphatic heterocycles. The quantitative estimate of drug-likeness (QED) is 0.450. The molecule has 144 valence electrons. The number of nitrogens with zero attached hydrogens (tertiary/aromatic N) is 4. The normalized spacial score (nSPS) is 12.7. The van der Waals surface area contributed by atoms with Gasteiger partial charge in [-0.2, -0.15) is 22.0 Å². The zero-order chi connectivity index (χ0) is 20.0. The Labute approximate surface area is 155 Å². The average Bonchev–Trinajstić information content (AvgIpc) is 2.90. The predicted molar refractivity (Wildman–Crippen MR) is 92.8 cm³/mol. The number of hydrogen-bond acceptors (Lipinski definition) is 4. The van der Waals surface area contributed by atoms with Crippen LogP contribution in [0.3, 0.4) is 0 Å². The molecule has 0 aliphatic carbocycles. The monoisotopic (exact) mass is 402 g/mol. The summed E-state index contributed by atoms with van der Waals surface area (Å²) in [6, 6.07) is 2.65. The lowest BCUT2D eigenvalue weighted by Crippen LogP contribution is -2.33. The van der Waals surface area contributed by atoms with Gasteiger partial charge in [-0.05, 0) is 30.4 Å². The van der Waals surface area contributed by atoms with Gasteiger partial charge in [0.25, 0.3) is 0 Å². The van der Waals surface area contributed by atoms with E-state index in [2.05, 4.69) is 15.0 Å². The summed E-state index contributed by atoms with van der Waals surface area (Å²) in [4.78, 5) is 12.8. The van der Waals surface area contributed by atoms with Crippen LogP contribution in [0.4, 0.5) is 22.0 Å². The maximum absolute atomic E-state index is 13.7. The number of rotatable bonds is 4. The summed E-state index contributed by atoms with van der Waals surface area (Å²) in [6.07, 6.45) is -3.47. The highest BCUT2D eigenvalue weighted by Gasteiger charge is 2.59. The number of imidazole rings is 1. The minimum Gasteiger partial charge on any atom is -0.310 e. The summed E-state index contributed by atoms with van der Waals surface area (Å²) in [5, 5.41) is 0. The molecule has 0 radical (unpaired) electrons. The van der Waals surface area contributed by atoms with Crippen LogP contribution in [0, 0.1) is 6.92 Å². The van der Waals surface area contributed by atoms with E-state index in [-0.39, 0.29) is 10.6 Å². The lowest BCUT2D eigenvalue weighted by atomic mass is 10.1. The van der Waals surface area contributed by atoms with Gasteiger partial charge < -0.3 is 4.57 Å². The smallest absolute Gasteiger partial charge is 0.310 e. The summed E-state index contributed by atoms with van der Waals surface area (Å²) in [5.74, 6) is -4.16. The number of hydrogen-bond donors (Lipinski definition) is 0. The second kappa shape index (κ2) is 6.74. The Kier molecular flexibility index (Phi) is 4.87. The van der Waals surface area contributed by atoms with Crippen LogP contribution in [0.1, 0.15) is 18.1 Å². The largest absolute Gasteiger partial charge is 0.458 e. The van der Waals surface area contributed by atoms with Gasteiger partial charge >= 0.3 is 12.1 Å². The molecule has 3 rings (SSSR count). The van der Waals surface area contributed by atoms with Gasteiger partial charge in [0.2, 0.25) is 0 Å². The van der Waals surface area contributed by atoms with Crippen molar-refractivity contribution in [2.24, 2.45) is 7.05 Å². The fourth-order valence-electron chi connectivity index (χ4n) is 2.60. The molecule has 3 heterocycles. The molecule has 0 amide bonds. The number of halogens is 5. The van der Waals surface area contributed by atoms with Gasteiger partial charge in [0.05, 0.1) is 0 Å². The average molecular weight is 402 g/mol. The van der Waals surface area contributed by atoms with E-state index in [9.17, 15) is 22.0 Å². The third kappa shape index (κ3) is 3.38. The Balaban J connectivity index is 2.18. The highest BCUT2D eigenvalue weighted by Crippen LogP contribution is 2.45. The first kappa shape index (κ1) is 19.5. The number of pyridine rings is 2. The molecule has 0 aliphatic rings. The highest BCUT2D eigenvalue weighted by atomic mass is 32.2. The van der Waals surface area contributed by atoms with Crippen molar-refractivity contribution in [3.05, 3.63) is 35.7 Å². The number of alkyl halides is 5. The van der Waals surface area contributed by atoms with Gasteiger partial charge in [-0.3, -0.25) is 4.98 Å². The molecule has 3 aromatic heterocycles. The van der Waals surface area contributed by atoms with Crippen molar-refractivity contribution in [2.75, 3.05) is 5.75 Å². The van der Waals surface area contributed by atoms with Gasteiger partial charge in [0, 0.05) is 29.9 Å². The van der Waals surface area contributed by atoms with Crippen LogP contribution < -0.4 is 0 Å². The molecule has 0 bridgehead atoms. The Morgan fingerprint density at radius 1 is 1.07 bits per heavy atom. The first-order valence-corrected chi connectivity index (χ1v) is 8.92. The van der Waals surface area contributed by atoms with Gasteiger partial charge in [0.15, 0.2) is 11.5 Å². The van der Waals surface area contributed by atoms with E-state index in [1.165, 1.54) is 0 Å². The first-order valence-electron chi connectivity index (χ1n) is 7.93. The Hall–Kier alpha value is -2.23. The molecule has 10 heteroatoms. The number of aromatic nitrogens is 4. The van der Waals surface area contributed by atoms with Crippen LogP contribution in [0.15, 0.2) is 29.4 Å². The topological polar surface area (TPSA) is 43.6 Å². The van der Waals surface area contributed by atoms with E-state index in [1.54, 1.807) is 24.7 Å². The summed E-state index contributed by atoms with van der Waals surface area (Å²) < 4.78 is 67.1. The molecule has 3 aromatic rings. The number of aryl methyl sites for hydroxylation is 2. The number of thioether (sulfide) groups is 1. The maximum Gasteiger partial charge on any atom is 0.458 e. The predicted octanol–water partition coefficient (Wildman–Crippen LogP) is 5.10. The van der Waals surface area contributed by atoms with Crippen molar-refractivity contribution in [3.8, 4) is 11.5 Å². The van der Waals surface area contributed by atoms with E-state index in [0.29, 0.717) is 28.9 Å². The highest BCUT2D eigenvalue weighted by molar-refractivity contribution is 7.99. The minimum atomic E-state index is -5.69. The Morgan fingerprint density at radius 2 is 1.78 bits per heavy atom. The SMILES string of the molecule is CCSc1cc(C(F)(F)C(F)(F)F)cnc1-c1nc2cc(C)cnc2n1C. The lowest BCUT2D eigenvalue weighted by Gasteiger charge is -2.20. The fraction of sp³-hybridized carbons (Fsp3) is 0.353. The second-order valence-electron chi connectivity index (χ2n) is 5.93. The van der Waals surface area contributed by atoms with Crippen molar-refractivity contribution in [3.63, 3.8) is 0 Å². The lowest BCUT2D eigenvalue weighted by molar-refractivity contribution is -0.289. The van der Waals surface area contributed by atoms with Crippen LogP contribution in [-0.4, -0.2) is 31.4 Å². The second-order valence-corrected chi connectivity index (χ2v) is 7.23. The Morgan fingerprint density at radius 3 is 2.41 bits per heavy atom. The van der Waals surface area contributed by atoms with Crippen LogP contribution in [0.25, 0.3) is 22.7 Å².